The zero-order valence-electron chi connectivity index (χ0n) is 19.4. The van der Waals surface area contributed by atoms with Crippen molar-refractivity contribution < 1.29 is 9.53 Å². The number of aryl methyl sites for hydroxylation is 1. The van der Waals surface area contributed by atoms with Gasteiger partial charge in [-0.15, -0.1) is 0 Å². The summed E-state index contributed by atoms with van der Waals surface area (Å²) in [5.74, 6) is 2.08. The Kier molecular flexibility index (Phi) is 6.58. The average molecular weight is 444 g/mol. The highest BCUT2D eigenvalue weighted by atomic mass is 16.5. The molecular weight excluding hydrogens is 414 g/mol. The Balaban J connectivity index is 1.66. The Hall–Kier alpha value is -3.87. The second-order valence-corrected chi connectivity index (χ2v) is 8.26. The molecule has 0 radical (unpaired) electrons. The van der Waals surface area contributed by atoms with Crippen molar-refractivity contribution in [3.8, 4) is 5.75 Å². The smallest absolute Gasteiger partial charge is 0.225 e. The summed E-state index contributed by atoms with van der Waals surface area (Å²) in [6.07, 6.45) is 2.83. The molecular formula is C26H29N5O2. The van der Waals surface area contributed by atoms with Gasteiger partial charge in [-0.1, -0.05) is 36.4 Å². The summed E-state index contributed by atoms with van der Waals surface area (Å²) in [6.45, 7) is 1.87. The first-order valence-electron chi connectivity index (χ1n) is 10.9. The van der Waals surface area contributed by atoms with Crippen molar-refractivity contribution in [3.63, 3.8) is 0 Å². The van der Waals surface area contributed by atoms with Gasteiger partial charge < -0.3 is 19.9 Å². The summed E-state index contributed by atoms with van der Waals surface area (Å²) in [5.41, 5.74) is 3.82. The number of anilines is 1. The normalized spacial score (nSPS) is 11.9. The van der Waals surface area contributed by atoms with E-state index in [-0.39, 0.29) is 18.4 Å². The summed E-state index contributed by atoms with van der Waals surface area (Å²) < 4.78 is 5.42. The molecule has 1 amide bonds. The third-order valence-corrected chi connectivity index (χ3v) is 5.64. The number of aromatic nitrogens is 3. The van der Waals surface area contributed by atoms with Crippen molar-refractivity contribution in [2.75, 3.05) is 26.1 Å². The van der Waals surface area contributed by atoms with Gasteiger partial charge in [0.2, 0.25) is 5.91 Å². The van der Waals surface area contributed by atoms with Crippen molar-refractivity contribution in [3.05, 3.63) is 83.4 Å². The first kappa shape index (κ1) is 22.3. The molecule has 0 saturated carbocycles. The third kappa shape index (κ3) is 5.14. The van der Waals surface area contributed by atoms with Crippen LogP contribution >= 0.6 is 0 Å². The van der Waals surface area contributed by atoms with Gasteiger partial charge in [-0.3, -0.25) is 4.79 Å². The number of carbonyl (C=O) groups excluding carboxylic acids is 1. The van der Waals surface area contributed by atoms with E-state index in [0.29, 0.717) is 18.0 Å². The highest BCUT2D eigenvalue weighted by molar-refractivity contribution is 5.83. The number of amides is 1. The molecule has 4 rings (SSSR count). The van der Waals surface area contributed by atoms with Gasteiger partial charge in [0.15, 0.2) is 0 Å². The van der Waals surface area contributed by atoms with E-state index >= 15 is 0 Å². The average Bonchev–Trinajstić information content (AvgIpc) is 3.21. The van der Waals surface area contributed by atoms with E-state index in [1.807, 2.05) is 80.6 Å². The van der Waals surface area contributed by atoms with Gasteiger partial charge in [0.25, 0.3) is 0 Å². The molecule has 0 aliphatic rings. The van der Waals surface area contributed by atoms with Crippen molar-refractivity contribution in [2.24, 2.45) is 0 Å². The van der Waals surface area contributed by atoms with E-state index in [2.05, 4.69) is 26.3 Å². The summed E-state index contributed by atoms with van der Waals surface area (Å²) in [6, 6.07) is 17.4. The molecule has 2 heterocycles. The maximum Gasteiger partial charge on any atom is 0.225 e. The predicted octanol–water partition coefficient (Wildman–Crippen LogP) is 3.98. The number of aromatic amines is 1. The molecule has 1 atom stereocenters. The number of benzene rings is 2. The number of hydrogen-bond acceptors (Lipinski definition) is 5. The van der Waals surface area contributed by atoms with E-state index in [0.717, 1.165) is 33.5 Å². The third-order valence-electron chi connectivity index (χ3n) is 5.64. The maximum atomic E-state index is 13.1. The lowest BCUT2D eigenvalue weighted by Gasteiger charge is -2.21. The fourth-order valence-electron chi connectivity index (χ4n) is 4.00. The number of H-pyrrole nitrogens is 1. The van der Waals surface area contributed by atoms with Crippen LogP contribution in [0.4, 0.5) is 5.82 Å². The van der Waals surface area contributed by atoms with Crippen LogP contribution < -0.4 is 15.0 Å². The summed E-state index contributed by atoms with van der Waals surface area (Å²) in [4.78, 5) is 27.6. The lowest BCUT2D eigenvalue weighted by molar-refractivity contribution is -0.121. The van der Waals surface area contributed by atoms with Gasteiger partial charge in [0.05, 0.1) is 25.3 Å². The number of hydrogen-bond donors (Lipinski definition) is 2. The number of nitrogens with zero attached hydrogens (tertiary/aromatic N) is 3. The Morgan fingerprint density at radius 3 is 2.64 bits per heavy atom. The molecule has 4 aromatic rings. The Labute approximate surface area is 193 Å². The lowest BCUT2D eigenvalue weighted by atomic mass is 10.0. The SMILES string of the molecule is COc1ccccc1CC(=O)N[C@@H](Cc1c[nH]c2ccccc12)c1cc(N(C)C)nc(C)n1. The Morgan fingerprint density at radius 1 is 1.09 bits per heavy atom. The maximum absolute atomic E-state index is 13.1. The number of para-hydroxylation sites is 2. The molecule has 0 saturated heterocycles. The van der Waals surface area contributed by atoms with Crippen LogP contribution in [0, 0.1) is 6.92 Å². The van der Waals surface area contributed by atoms with Gasteiger partial charge in [0, 0.05) is 49.2 Å². The van der Waals surface area contributed by atoms with Gasteiger partial charge in [-0.25, -0.2) is 9.97 Å². The Morgan fingerprint density at radius 2 is 1.85 bits per heavy atom. The minimum atomic E-state index is -0.313. The summed E-state index contributed by atoms with van der Waals surface area (Å²) in [5, 5.41) is 4.35. The molecule has 7 nitrogen and oxygen atoms in total. The molecule has 2 N–H and O–H groups in total. The zero-order chi connectivity index (χ0) is 23.4. The molecule has 33 heavy (non-hydrogen) atoms. The van der Waals surface area contributed by atoms with Crippen LogP contribution in [0.5, 0.6) is 5.75 Å². The minimum Gasteiger partial charge on any atom is -0.496 e. The zero-order valence-corrected chi connectivity index (χ0v) is 19.4. The summed E-state index contributed by atoms with van der Waals surface area (Å²) >= 11 is 0. The number of nitrogens with one attached hydrogen (secondary N) is 2. The molecule has 0 bridgehead atoms. The van der Waals surface area contributed by atoms with Crippen LogP contribution in [-0.4, -0.2) is 42.1 Å². The fourth-order valence-corrected chi connectivity index (χ4v) is 4.00. The largest absolute Gasteiger partial charge is 0.496 e. The monoisotopic (exact) mass is 443 g/mol. The van der Waals surface area contributed by atoms with Crippen molar-refractivity contribution in [2.45, 2.75) is 25.8 Å². The minimum absolute atomic E-state index is 0.0907. The molecule has 0 fully saturated rings. The number of rotatable bonds is 8. The topological polar surface area (TPSA) is 83.1 Å². The predicted molar refractivity (Wildman–Crippen MR) is 131 cm³/mol. The lowest BCUT2D eigenvalue weighted by Crippen LogP contribution is -2.32. The Bertz CT molecular complexity index is 1260. The fraction of sp³-hybridized carbons (Fsp3) is 0.269. The number of ether oxygens (including phenoxy) is 1. The van der Waals surface area contributed by atoms with Gasteiger partial charge in [-0.2, -0.15) is 0 Å². The highest BCUT2D eigenvalue weighted by Crippen LogP contribution is 2.26. The van der Waals surface area contributed by atoms with Gasteiger partial charge in [0.1, 0.15) is 17.4 Å². The van der Waals surface area contributed by atoms with Crippen LogP contribution in [0.3, 0.4) is 0 Å². The molecule has 2 aromatic heterocycles. The number of methoxy groups -OCH3 is 1. The second-order valence-electron chi connectivity index (χ2n) is 8.26. The quantitative estimate of drug-likeness (QED) is 0.430. The van der Waals surface area contributed by atoms with Crippen LogP contribution in [0.25, 0.3) is 10.9 Å². The first-order valence-corrected chi connectivity index (χ1v) is 10.9. The first-order chi connectivity index (χ1) is 15.9. The molecule has 0 aliphatic carbocycles. The molecule has 0 unspecified atom stereocenters. The van der Waals surface area contributed by atoms with Crippen molar-refractivity contribution >= 4 is 22.6 Å². The van der Waals surface area contributed by atoms with Crippen molar-refractivity contribution in [1.29, 1.82) is 0 Å². The number of carbonyl (C=O) groups is 1. The van der Waals surface area contributed by atoms with Crippen LogP contribution in [0.2, 0.25) is 0 Å². The van der Waals surface area contributed by atoms with Crippen molar-refractivity contribution in [1.82, 2.24) is 20.3 Å². The molecule has 0 aliphatic heterocycles. The second kappa shape index (κ2) is 9.73. The molecule has 170 valence electrons. The van der Waals surface area contributed by atoms with Crippen LogP contribution in [-0.2, 0) is 17.6 Å². The van der Waals surface area contributed by atoms with E-state index < -0.39 is 0 Å². The molecule has 2 aromatic carbocycles. The highest BCUT2D eigenvalue weighted by Gasteiger charge is 2.21. The number of fused-ring (bicyclic) bond motifs is 1. The van der Waals surface area contributed by atoms with Crippen LogP contribution in [0.1, 0.15) is 28.7 Å². The van der Waals surface area contributed by atoms with E-state index in [4.69, 9.17) is 4.74 Å². The van der Waals surface area contributed by atoms with Crippen LogP contribution in [0.15, 0.2) is 60.8 Å². The van der Waals surface area contributed by atoms with E-state index in [9.17, 15) is 4.79 Å². The molecule has 7 heteroatoms. The standard InChI is InChI=1S/C26H29N5O2/c1-17-28-23(15-25(29-17)31(2)3)22(13-19-16-27-21-11-7-6-10-20(19)21)30-26(32)14-18-9-5-8-12-24(18)33-4/h5-12,15-16,22,27H,13-14H2,1-4H3,(H,30,32)/t22-/m0/s1. The van der Waals surface area contributed by atoms with Gasteiger partial charge in [-0.05, 0) is 24.6 Å². The van der Waals surface area contributed by atoms with E-state index in [1.165, 1.54) is 0 Å². The molecule has 0 spiro atoms. The van der Waals surface area contributed by atoms with E-state index in [1.54, 1.807) is 7.11 Å². The summed E-state index contributed by atoms with van der Waals surface area (Å²) in [7, 11) is 5.50. The van der Waals surface area contributed by atoms with Gasteiger partial charge >= 0.3 is 0 Å².